The molecule has 0 amide bonds. The van der Waals surface area contributed by atoms with Crippen LogP contribution in [-0.4, -0.2) is 14.2 Å². The van der Waals surface area contributed by atoms with Crippen molar-refractivity contribution in [3.8, 4) is 11.5 Å². The van der Waals surface area contributed by atoms with Gasteiger partial charge in [0.1, 0.15) is 29.7 Å². The minimum atomic E-state index is -0.612. The molecule has 3 nitrogen and oxygen atoms in total. The molecular weight excluding hydrogens is 276 g/mol. The van der Waals surface area contributed by atoms with Crippen LogP contribution in [0.3, 0.4) is 0 Å². The first-order valence-electron chi connectivity index (χ1n) is 6.51. The number of halogens is 2. The first-order valence-corrected chi connectivity index (χ1v) is 6.51. The Hall–Kier alpha value is -2.14. The van der Waals surface area contributed by atoms with Gasteiger partial charge in [0.05, 0.1) is 7.11 Å². The normalized spacial score (nSPS) is 10.5. The van der Waals surface area contributed by atoms with Gasteiger partial charge in [-0.15, -0.1) is 0 Å². The summed E-state index contributed by atoms with van der Waals surface area (Å²) in [5, 5.41) is 3.04. The Kier molecular flexibility index (Phi) is 5.11. The van der Waals surface area contributed by atoms with Gasteiger partial charge in [-0.1, -0.05) is 0 Å². The molecule has 0 radical (unpaired) electrons. The van der Waals surface area contributed by atoms with E-state index in [0.29, 0.717) is 17.9 Å². The quantitative estimate of drug-likeness (QED) is 0.886. The van der Waals surface area contributed by atoms with Crippen molar-refractivity contribution in [2.75, 3.05) is 14.2 Å². The molecule has 112 valence electrons. The second-order valence-corrected chi connectivity index (χ2v) is 4.57. The van der Waals surface area contributed by atoms with Gasteiger partial charge in [0.25, 0.3) is 0 Å². The summed E-state index contributed by atoms with van der Waals surface area (Å²) < 4.78 is 37.1. The van der Waals surface area contributed by atoms with E-state index < -0.39 is 11.6 Å². The highest BCUT2D eigenvalue weighted by atomic mass is 19.1. The minimum Gasteiger partial charge on any atom is -0.497 e. The van der Waals surface area contributed by atoms with Gasteiger partial charge >= 0.3 is 0 Å². The summed E-state index contributed by atoms with van der Waals surface area (Å²) in [5.74, 6) is 0.150. The maximum absolute atomic E-state index is 13.1. The standard InChI is InChI=1S/C16H17F2NO2/c1-19-9-12-7-15(20-2)3-4-16(12)21-10-11-5-13(17)8-14(18)6-11/h3-8,19H,9-10H2,1-2H3. The Bertz CT molecular complexity index is 597. The third-order valence-corrected chi connectivity index (χ3v) is 2.95. The fourth-order valence-corrected chi connectivity index (χ4v) is 2.01. The van der Waals surface area contributed by atoms with E-state index in [0.717, 1.165) is 17.4 Å². The maximum atomic E-state index is 13.1. The van der Waals surface area contributed by atoms with E-state index in [1.165, 1.54) is 12.1 Å². The lowest BCUT2D eigenvalue weighted by Gasteiger charge is -2.13. The van der Waals surface area contributed by atoms with Crippen LogP contribution in [0.2, 0.25) is 0 Å². The van der Waals surface area contributed by atoms with Gasteiger partial charge in [0.15, 0.2) is 0 Å². The van der Waals surface area contributed by atoms with E-state index in [2.05, 4.69) is 5.32 Å². The largest absolute Gasteiger partial charge is 0.497 e. The molecule has 0 aliphatic heterocycles. The number of nitrogens with one attached hydrogen (secondary N) is 1. The predicted molar refractivity (Wildman–Crippen MR) is 76.4 cm³/mol. The number of methoxy groups -OCH3 is 1. The lowest BCUT2D eigenvalue weighted by Crippen LogP contribution is -2.08. The van der Waals surface area contributed by atoms with Gasteiger partial charge < -0.3 is 14.8 Å². The van der Waals surface area contributed by atoms with Crippen LogP contribution in [0.4, 0.5) is 8.78 Å². The molecule has 0 saturated heterocycles. The molecule has 2 aromatic rings. The summed E-state index contributed by atoms with van der Waals surface area (Å²) in [6, 6.07) is 8.76. The molecule has 0 heterocycles. The van der Waals surface area contributed by atoms with E-state index in [-0.39, 0.29) is 6.61 Å². The average molecular weight is 293 g/mol. The van der Waals surface area contributed by atoms with Crippen molar-refractivity contribution in [2.45, 2.75) is 13.2 Å². The van der Waals surface area contributed by atoms with Gasteiger partial charge in [-0.25, -0.2) is 8.78 Å². The lowest BCUT2D eigenvalue weighted by atomic mass is 10.2. The third-order valence-electron chi connectivity index (χ3n) is 2.95. The van der Waals surface area contributed by atoms with Crippen LogP contribution in [-0.2, 0) is 13.2 Å². The topological polar surface area (TPSA) is 30.5 Å². The second-order valence-electron chi connectivity index (χ2n) is 4.57. The molecule has 0 aromatic heterocycles. The molecule has 2 aromatic carbocycles. The molecule has 0 fully saturated rings. The number of benzene rings is 2. The van der Waals surface area contributed by atoms with Crippen molar-refractivity contribution < 1.29 is 18.3 Å². The van der Waals surface area contributed by atoms with E-state index in [1.807, 2.05) is 13.1 Å². The molecule has 21 heavy (non-hydrogen) atoms. The first kappa shape index (κ1) is 15.3. The SMILES string of the molecule is CNCc1cc(OC)ccc1OCc1cc(F)cc(F)c1. The van der Waals surface area contributed by atoms with Crippen molar-refractivity contribution in [3.63, 3.8) is 0 Å². The van der Waals surface area contributed by atoms with Crippen LogP contribution >= 0.6 is 0 Å². The molecular formula is C16H17F2NO2. The first-order chi connectivity index (χ1) is 10.1. The summed E-state index contributed by atoms with van der Waals surface area (Å²) in [6.07, 6.45) is 0. The molecule has 0 bridgehead atoms. The van der Waals surface area contributed by atoms with Crippen molar-refractivity contribution >= 4 is 0 Å². The monoisotopic (exact) mass is 293 g/mol. The zero-order chi connectivity index (χ0) is 15.2. The molecule has 2 rings (SSSR count). The Morgan fingerprint density at radius 2 is 1.76 bits per heavy atom. The highest BCUT2D eigenvalue weighted by Crippen LogP contribution is 2.25. The number of rotatable bonds is 6. The Morgan fingerprint density at radius 1 is 1.05 bits per heavy atom. The zero-order valence-corrected chi connectivity index (χ0v) is 12.0. The molecule has 0 aliphatic carbocycles. The van der Waals surface area contributed by atoms with E-state index >= 15 is 0 Å². The highest BCUT2D eigenvalue weighted by Gasteiger charge is 2.07. The summed E-state index contributed by atoms with van der Waals surface area (Å²) in [6.45, 7) is 0.696. The molecule has 0 aliphatic rings. The van der Waals surface area contributed by atoms with Crippen LogP contribution in [0.15, 0.2) is 36.4 Å². The number of hydrogen-bond acceptors (Lipinski definition) is 3. The van der Waals surface area contributed by atoms with Gasteiger partial charge in [-0.05, 0) is 42.9 Å². The molecule has 5 heteroatoms. The summed E-state index contributed by atoms with van der Waals surface area (Å²) in [5.41, 5.74) is 1.35. The summed E-state index contributed by atoms with van der Waals surface area (Å²) in [4.78, 5) is 0. The highest BCUT2D eigenvalue weighted by molar-refractivity contribution is 5.40. The Labute approximate surface area is 122 Å². The summed E-state index contributed by atoms with van der Waals surface area (Å²) >= 11 is 0. The number of hydrogen-bond donors (Lipinski definition) is 1. The maximum Gasteiger partial charge on any atom is 0.126 e. The molecule has 0 atom stereocenters. The zero-order valence-electron chi connectivity index (χ0n) is 12.0. The van der Waals surface area contributed by atoms with E-state index in [1.54, 1.807) is 19.2 Å². The molecule has 0 saturated carbocycles. The third kappa shape index (κ3) is 4.16. The predicted octanol–water partition coefficient (Wildman–Crippen LogP) is 3.27. The van der Waals surface area contributed by atoms with Crippen LogP contribution in [0.5, 0.6) is 11.5 Å². The van der Waals surface area contributed by atoms with Crippen LogP contribution in [0.25, 0.3) is 0 Å². The molecule has 1 N–H and O–H groups in total. The van der Waals surface area contributed by atoms with Crippen molar-refractivity contribution in [3.05, 3.63) is 59.2 Å². The van der Waals surface area contributed by atoms with E-state index in [4.69, 9.17) is 9.47 Å². The average Bonchev–Trinajstić information content (AvgIpc) is 2.45. The van der Waals surface area contributed by atoms with Crippen molar-refractivity contribution in [2.24, 2.45) is 0 Å². The van der Waals surface area contributed by atoms with Gasteiger partial charge in [-0.2, -0.15) is 0 Å². The minimum absolute atomic E-state index is 0.0950. The van der Waals surface area contributed by atoms with Crippen molar-refractivity contribution in [1.82, 2.24) is 5.32 Å². The molecule has 0 unspecified atom stereocenters. The fourth-order valence-electron chi connectivity index (χ4n) is 2.01. The van der Waals surface area contributed by atoms with Gasteiger partial charge in [0, 0.05) is 18.2 Å². The van der Waals surface area contributed by atoms with Gasteiger partial charge in [0.2, 0.25) is 0 Å². The second kappa shape index (κ2) is 7.04. The Morgan fingerprint density at radius 3 is 2.38 bits per heavy atom. The van der Waals surface area contributed by atoms with Crippen LogP contribution in [0.1, 0.15) is 11.1 Å². The van der Waals surface area contributed by atoms with Gasteiger partial charge in [-0.3, -0.25) is 0 Å². The number of ether oxygens (including phenoxy) is 2. The van der Waals surface area contributed by atoms with Crippen LogP contribution < -0.4 is 14.8 Å². The lowest BCUT2D eigenvalue weighted by molar-refractivity contribution is 0.300. The van der Waals surface area contributed by atoms with Crippen LogP contribution in [0, 0.1) is 11.6 Å². The Balaban J connectivity index is 2.15. The molecule has 0 spiro atoms. The smallest absolute Gasteiger partial charge is 0.126 e. The van der Waals surface area contributed by atoms with Crippen molar-refractivity contribution in [1.29, 1.82) is 0 Å². The van der Waals surface area contributed by atoms with E-state index in [9.17, 15) is 8.78 Å². The fraction of sp³-hybridized carbons (Fsp3) is 0.250. The summed E-state index contributed by atoms with van der Waals surface area (Å²) in [7, 11) is 3.42.